The minimum absolute atomic E-state index is 0.331. The summed E-state index contributed by atoms with van der Waals surface area (Å²) in [6.07, 6.45) is 2.29. The minimum atomic E-state index is -1.04. The maximum absolute atomic E-state index is 11.4. The van der Waals surface area contributed by atoms with Gasteiger partial charge in [-0.3, -0.25) is 4.79 Å². The number of hydrogen-bond acceptors (Lipinski definition) is 5. The number of hydrogen-bond donors (Lipinski definition) is 2. The summed E-state index contributed by atoms with van der Waals surface area (Å²) in [4.78, 5) is 22.5. The van der Waals surface area contributed by atoms with Crippen LogP contribution in [-0.2, 0) is 4.79 Å². The van der Waals surface area contributed by atoms with Gasteiger partial charge in [-0.2, -0.15) is 0 Å². The lowest BCUT2D eigenvalue weighted by atomic mass is 10.2. The van der Waals surface area contributed by atoms with E-state index in [1.165, 1.54) is 6.20 Å². The molecular weight excluding hydrogens is 206 g/mol. The molecule has 1 aromatic heterocycles. The molecule has 0 unspecified atom stereocenters. The van der Waals surface area contributed by atoms with Crippen molar-refractivity contribution in [3.8, 4) is 0 Å². The first-order valence-corrected chi connectivity index (χ1v) is 4.75. The molecule has 7 heteroatoms. The summed E-state index contributed by atoms with van der Waals surface area (Å²) in [5.41, 5.74) is -1.04. The van der Waals surface area contributed by atoms with Crippen molar-refractivity contribution in [3.63, 3.8) is 0 Å². The van der Waals surface area contributed by atoms with Crippen LogP contribution in [0.1, 0.15) is 22.5 Å². The Kier molecular flexibility index (Phi) is 1.95. The number of carbonyl (C=O) groups is 2. The summed E-state index contributed by atoms with van der Waals surface area (Å²) in [7, 11) is 0. The van der Waals surface area contributed by atoms with Gasteiger partial charge in [0.2, 0.25) is 0 Å². The van der Waals surface area contributed by atoms with Gasteiger partial charge in [-0.15, -0.1) is 5.10 Å². The van der Waals surface area contributed by atoms with Crippen molar-refractivity contribution in [2.75, 3.05) is 0 Å². The van der Waals surface area contributed by atoms with Gasteiger partial charge in [-0.1, -0.05) is 4.49 Å². The molecule has 0 radical (unpaired) electrons. The summed E-state index contributed by atoms with van der Waals surface area (Å²) in [6, 6.07) is 0. The van der Waals surface area contributed by atoms with E-state index in [1.807, 2.05) is 0 Å². The number of amides is 1. The van der Waals surface area contributed by atoms with Crippen LogP contribution in [0.3, 0.4) is 0 Å². The number of carbonyl (C=O) groups excluding carboxylic acids is 1. The smallest absolute Gasteiger partial charge is 0.329 e. The van der Waals surface area contributed by atoms with Gasteiger partial charge in [-0.05, 0) is 24.4 Å². The van der Waals surface area contributed by atoms with E-state index < -0.39 is 17.4 Å². The molecule has 1 fully saturated rings. The monoisotopic (exact) mass is 213 g/mol. The maximum atomic E-state index is 11.4. The van der Waals surface area contributed by atoms with Crippen molar-refractivity contribution in [3.05, 3.63) is 11.1 Å². The Balaban J connectivity index is 2.06. The molecule has 0 spiro atoms. The van der Waals surface area contributed by atoms with E-state index in [9.17, 15) is 9.59 Å². The summed E-state index contributed by atoms with van der Waals surface area (Å²) in [6.45, 7) is 0. The Bertz CT molecular complexity index is 372. The lowest BCUT2D eigenvalue weighted by Gasteiger charge is -2.10. The van der Waals surface area contributed by atoms with Crippen molar-refractivity contribution >= 4 is 23.4 Å². The van der Waals surface area contributed by atoms with E-state index in [0.717, 1.165) is 11.5 Å². The van der Waals surface area contributed by atoms with Crippen molar-refractivity contribution < 1.29 is 14.7 Å². The molecule has 6 nitrogen and oxygen atoms in total. The second kappa shape index (κ2) is 3.02. The molecule has 2 rings (SSSR count). The van der Waals surface area contributed by atoms with E-state index in [4.69, 9.17) is 5.11 Å². The number of nitrogens with one attached hydrogen (secondary N) is 1. The van der Waals surface area contributed by atoms with Gasteiger partial charge in [-0.25, -0.2) is 4.79 Å². The van der Waals surface area contributed by atoms with Crippen molar-refractivity contribution in [1.82, 2.24) is 14.9 Å². The molecule has 1 aliphatic rings. The third-order valence-corrected chi connectivity index (χ3v) is 2.76. The number of nitrogens with zero attached hydrogens (tertiary/aromatic N) is 2. The highest BCUT2D eigenvalue weighted by atomic mass is 32.1. The molecular formula is C7H7N3O3S. The number of aliphatic carboxylic acids is 1. The number of carboxylic acid groups (broad SMARTS) is 1. The largest absolute Gasteiger partial charge is 0.480 e. The number of rotatable bonds is 3. The van der Waals surface area contributed by atoms with Gasteiger partial charge in [0.1, 0.15) is 10.4 Å². The first-order chi connectivity index (χ1) is 6.64. The van der Waals surface area contributed by atoms with Crippen LogP contribution in [0.15, 0.2) is 6.20 Å². The molecule has 14 heavy (non-hydrogen) atoms. The Hall–Kier alpha value is -1.50. The van der Waals surface area contributed by atoms with E-state index in [-0.39, 0.29) is 0 Å². The molecule has 0 aliphatic heterocycles. The zero-order valence-electron chi connectivity index (χ0n) is 7.06. The predicted octanol–water partition coefficient (Wildman–Crippen LogP) is -0.115. The first-order valence-electron chi connectivity index (χ1n) is 3.97. The fraction of sp³-hybridized carbons (Fsp3) is 0.429. The molecule has 0 saturated heterocycles. The normalized spacial score (nSPS) is 17.4. The molecule has 1 heterocycles. The molecule has 0 atom stereocenters. The lowest BCUT2D eigenvalue weighted by molar-refractivity contribution is -0.140. The van der Waals surface area contributed by atoms with Crippen molar-refractivity contribution in [2.24, 2.45) is 0 Å². The molecule has 1 amide bonds. The van der Waals surface area contributed by atoms with Crippen LogP contribution in [0.5, 0.6) is 0 Å². The van der Waals surface area contributed by atoms with Gasteiger partial charge >= 0.3 is 5.97 Å². The number of carboxylic acids is 1. The zero-order valence-corrected chi connectivity index (χ0v) is 7.87. The number of aromatic nitrogens is 2. The third kappa shape index (κ3) is 1.46. The molecule has 0 aromatic carbocycles. The second-order valence-electron chi connectivity index (χ2n) is 3.12. The van der Waals surface area contributed by atoms with Crippen LogP contribution in [-0.4, -0.2) is 32.1 Å². The lowest BCUT2D eigenvalue weighted by Crippen LogP contribution is -2.42. The van der Waals surface area contributed by atoms with Gasteiger partial charge < -0.3 is 10.4 Å². The van der Waals surface area contributed by atoms with Crippen LogP contribution in [0.2, 0.25) is 0 Å². The minimum Gasteiger partial charge on any atom is -0.480 e. The standard InChI is InChI=1S/C7H7N3O3S/c11-5(4-3-8-10-14-4)9-7(1-2-7)6(12)13/h3H,1-2H2,(H,9,11)(H,12,13). The van der Waals surface area contributed by atoms with Gasteiger partial charge in [0.05, 0.1) is 6.20 Å². The molecule has 1 aromatic rings. The third-order valence-electron chi connectivity index (χ3n) is 2.10. The first kappa shape index (κ1) is 9.07. The second-order valence-corrected chi connectivity index (χ2v) is 3.91. The van der Waals surface area contributed by atoms with Crippen LogP contribution < -0.4 is 5.32 Å². The van der Waals surface area contributed by atoms with Gasteiger partial charge in [0.25, 0.3) is 5.91 Å². The Morgan fingerprint density at radius 3 is 2.71 bits per heavy atom. The molecule has 0 bridgehead atoms. The average molecular weight is 213 g/mol. The van der Waals surface area contributed by atoms with Gasteiger partial charge in [0, 0.05) is 0 Å². The topological polar surface area (TPSA) is 92.2 Å². The average Bonchev–Trinajstić information content (AvgIpc) is 2.74. The molecule has 1 saturated carbocycles. The van der Waals surface area contributed by atoms with Crippen LogP contribution in [0.4, 0.5) is 0 Å². The van der Waals surface area contributed by atoms with Crippen molar-refractivity contribution in [2.45, 2.75) is 18.4 Å². The Labute approximate surface area is 83.1 Å². The SMILES string of the molecule is O=C(NC1(C(=O)O)CC1)c1cnns1. The zero-order chi connectivity index (χ0) is 10.2. The predicted molar refractivity (Wildman–Crippen MR) is 47.0 cm³/mol. The summed E-state index contributed by atoms with van der Waals surface area (Å²) < 4.78 is 3.52. The van der Waals surface area contributed by atoms with E-state index in [2.05, 4.69) is 14.9 Å². The highest BCUT2D eigenvalue weighted by Gasteiger charge is 2.51. The summed E-state index contributed by atoms with van der Waals surface area (Å²) in [5.74, 6) is -1.40. The Morgan fingerprint density at radius 2 is 2.29 bits per heavy atom. The summed E-state index contributed by atoms with van der Waals surface area (Å²) in [5, 5.41) is 14.8. The molecule has 2 N–H and O–H groups in total. The van der Waals surface area contributed by atoms with Crippen LogP contribution in [0, 0.1) is 0 Å². The van der Waals surface area contributed by atoms with E-state index >= 15 is 0 Å². The summed E-state index contributed by atoms with van der Waals surface area (Å²) >= 11 is 0.945. The van der Waals surface area contributed by atoms with E-state index in [1.54, 1.807) is 0 Å². The Morgan fingerprint density at radius 1 is 1.57 bits per heavy atom. The van der Waals surface area contributed by atoms with Gasteiger partial charge in [0.15, 0.2) is 0 Å². The maximum Gasteiger partial charge on any atom is 0.329 e. The fourth-order valence-electron chi connectivity index (χ4n) is 1.06. The van der Waals surface area contributed by atoms with E-state index in [0.29, 0.717) is 17.7 Å². The highest BCUT2D eigenvalue weighted by molar-refractivity contribution is 7.07. The van der Waals surface area contributed by atoms with Crippen LogP contribution in [0.25, 0.3) is 0 Å². The molecule has 74 valence electrons. The fourth-order valence-corrected chi connectivity index (χ4v) is 1.47. The quantitative estimate of drug-likeness (QED) is 0.730. The highest BCUT2D eigenvalue weighted by Crippen LogP contribution is 2.35. The molecule has 1 aliphatic carbocycles. The van der Waals surface area contributed by atoms with Crippen molar-refractivity contribution in [1.29, 1.82) is 0 Å². The van der Waals surface area contributed by atoms with Crippen LogP contribution >= 0.6 is 11.5 Å².